The van der Waals surface area contributed by atoms with Crippen LogP contribution >= 0.6 is 0 Å². The van der Waals surface area contributed by atoms with E-state index in [9.17, 15) is 23.6 Å². The Morgan fingerprint density at radius 2 is 1.91 bits per heavy atom. The van der Waals surface area contributed by atoms with Gasteiger partial charge in [0.15, 0.2) is 0 Å². The van der Waals surface area contributed by atoms with E-state index in [-0.39, 0.29) is 54.9 Å². The van der Waals surface area contributed by atoms with Crippen molar-refractivity contribution in [2.24, 2.45) is 5.92 Å². The highest BCUT2D eigenvalue weighted by molar-refractivity contribution is 6.06. The van der Waals surface area contributed by atoms with Crippen molar-refractivity contribution in [3.63, 3.8) is 0 Å². The van der Waals surface area contributed by atoms with E-state index in [0.717, 1.165) is 24.8 Å². The molecule has 7 nitrogen and oxygen atoms in total. The Balaban J connectivity index is 1.34. The van der Waals surface area contributed by atoms with Crippen LogP contribution in [0.4, 0.5) is 4.39 Å². The molecular formula is C25H24FN3O4. The molecule has 2 N–H and O–H groups in total. The first-order valence-electron chi connectivity index (χ1n) is 11.2. The predicted molar refractivity (Wildman–Crippen MR) is 116 cm³/mol. The van der Waals surface area contributed by atoms with Gasteiger partial charge in [-0.05, 0) is 66.6 Å². The molecule has 1 saturated carbocycles. The Morgan fingerprint density at radius 3 is 2.61 bits per heavy atom. The first-order chi connectivity index (χ1) is 15.9. The van der Waals surface area contributed by atoms with E-state index in [1.165, 1.54) is 17.0 Å². The molecule has 2 aromatic carbocycles. The van der Waals surface area contributed by atoms with E-state index in [0.29, 0.717) is 16.7 Å². The number of hydrogen-bond acceptors (Lipinski definition) is 4. The van der Waals surface area contributed by atoms with Gasteiger partial charge in [-0.2, -0.15) is 0 Å². The molecule has 2 heterocycles. The van der Waals surface area contributed by atoms with Crippen molar-refractivity contribution in [2.75, 3.05) is 0 Å². The lowest BCUT2D eigenvalue weighted by atomic mass is 9.77. The number of imide groups is 1. The summed E-state index contributed by atoms with van der Waals surface area (Å²) in [5.74, 6) is -1.45. The van der Waals surface area contributed by atoms with Crippen LogP contribution in [-0.2, 0) is 16.1 Å². The Kier molecular flexibility index (Phi) is 5.44. The lowest BCUT2D eigenvalue weighted by Gasteiger charge is -2.34. The van der Waals surface area contributed by atoms with Crippen molar-refractivity contribution >= 4 is 23.6 Å². The molecule has 2 atom stereocenters. The second-order valence-electron chi connectivity index (χ2n) is 8.97. The van der Waals surface area contributed by atoms with E-state index < -0.39 is 11.9 Å². The molecule has 0 spiro atoms. The summed E-state index contributed by atoms with van der Waals surface area (Å²) >= 11 is 0. The number of nitrogens with one attached hydrogen (secondary N) is 2. The maximum absolute atomic E-state index is 13.8. The molecule has 170 valence electrons. The molecule has 5 rings (SSSR count). The molecule has 0 bridgehead atoms. The summed E-state index contributed by atoms with van der Waals surface area (Å²) in [6.07, 6.45) is 3.51. The van der Waals surface area contributed by atoms with Crippen molar-refractivity contribution in [1.82, 2.24) is 15.5 Å². The third-order valence-electron chi connectivity index (χ3n) is 6.90. The van der Waals surface area contributed by atoms with Crippen LogP contribution in [0, 0.1) is 11.7 Å². The fourth-order valence-electron chi connectivity index (χ4n) is 4.89. The van der Waals surface area contributed by atoms with Crippen molar-refractivity contribution in [3.8, 4) is 0 Å². The normalized spacial score (nSPS) is 21.3. The van der Waals surface area contributed by atoms with Crippen molar-refractivity contribution < 1.29 is 23.6 Å². The lowest BCUT2D eigenvalue weighted by Crippen LogP contribution is -2.52. The topological polar surface area (TPSA) is 95.6 Å². The van der Waals surface area contributed by atoms with E-state index in [2.05, 4.69) is 10.6 Å². The summed E-state index contributed by atoms with van der Waals surface area (Å²) in [4.78, 5) is 51.1. The van der Waals surface area contributed by atoms with Gasteiger partial charge in [-0.3, -0.25) is 24.5 Å². The molecule has 1 saturated heterocycles. The number of hydrogen-bond donors (Lipinski definition) is 2. The van der Waals surface area contributed by atoms with Crippen LogP contribution < -0.4 is 10.6 Å². The van der Waals surface area contributed by atoms with E-state index >= 15 is 0 Å². The van der Waals surface area contributed by atoms with Gasteiger partial charge in [0.05, 0.1) is 6.04 Å². The quantitative estimate of drug-likeness (QED) is 0.687. The van der Waals surface area contributed by atoms with E-state index in [1.54, 1.807) is 24.3 Å². The van der Waals surface area contributed by atoms with Gasteiger partial charge in [-0.1, -0.05) is 18.6 Å². The molecule has 3 aliphatic rings. The highest BCUT2D eigenvalue weighted by atomic mass is 19.1. The monoisotopic (exact) mass is 449 g/mol. The van der Waals surface area contributed by atoms with Gasteiger partial charge >= 0.3 is 0 Å². The molecule has 2 aliphatic heterocycles. The average molecular weight is 449 g/mol. The molecule has 33 heavy (non-hydrogen) atoms. The number of carbonyl (C=O) groups is 4. The van der Waals surface area contributed by atoms with Crippen molar-refractivity contribution in [1.29, 1.82) is 0 Å². The Labute approximate surface area is 190 Å². The predicted octanol–water partition coefficient (Wildman–Crippen LogP) is 2.86. The average Bonchev–Trinajstić information content (AvgIpc) is 3.07. The number of nitrogens with zero attached hydrogens (tertiary/aromatic N) is 1. The largest absolute Gasteiger partial charge is 0.345 e. The molecule has 4 amide bonds. The van der Waals surface area contributed by atoms with Crippen LogP contribution in [-0.4, -0.2) is 34.6 Å². The zero-order valence-electron chi connectivity index (χ0n) is 18.0. The van der Waals surface area contributed by atoms with Crippen molar-refractivity contribution in [2.45, 2.75) is 50.7 Å². The van der Waals surface area contributed by atoms with Gasteiger partial charge in [0.25, 0.3) is 11.8 Å². The summed E-state index contributed by atoms with van der Waals surface area (Å²) in [5, 5.41) is 5.35. The van der Waals surface area contributed by atoms with Gasteiger partial charge < -0.3 is 10.2 Å². The van der Waals surface area contributed by atoms with Crippen LogP contribution in [0.25, 0.3) is 0 Å². The Hall–Kier alpha value is -3.55. The number of amides is 4. The Bertz CT molecular complexity index is 1160. The van der Waals surface area contributed by atoms with Crippen molar-refractivity contribution in [3.05, 3.63) is 70.5 Å². The first-order valence-corrected chi connectivity index (χ1v) is 11.2. The standard InChI is InChI=1S/C25H24FN3O4/c26-18-6-2-5-15(12-18)22(14-3-1-4-14)28-23(31)16-7-8-19-17(11-16)13-29(25(19)33)20-9-10-21(30)27-24(20)32/h2,5-8,11-12,14,20,22H,1,3-4,9-10,13H2,(H,28,31)(H,27,30,32). The van der Waals surface area contributed by atoms with Crippen LogP contribution in [0.15, 0.2) is 42.5 Å². The van der Waals surface area contributed by atoms with Crippen LogP contribution in [0.3, 0.4) is 0 Å². The molecule has 0 radical (unpaired) electrons. The van der Waals surface area contributed by atoms with Crippen LogP contribution in [0.1, 0.15) is 70.0 Å². The number of rotatable bonds is 5. The highest BCUT2D eigenvalue weighted by Gasteiger charge is 2.39. The molecule has 2 fully saturated rings. The minimum absolute atomic E-state index is 0.187. The van der Waals surface area contributed by atoms with Gasteiger partial charge in [0.2, 0.25) is 11.8 Å². The maximum atomic E-state index is 13.8. The molecular weight excluding hydrogens is 425 g/mol. The third-order valence-corrected chi connectivity index (χ3v) is 6.90. The second-order valence-corrected chi connectivity index (χ2v) is 8.97. The van der Waals surface area contributed by atoms with E-state index in [4.69, 9.17) is 0 Å². The zero-order chi connectivity index (χ0) is 23.1. The van der Waals surface area contributed by atoms with Gasteiger partial charge in [-0.15, -0.1) is 0 Å². The molecule has 2 unspecified atom stereocenters. The molecule has 0 aromatic heterocycles. The smallest absolute Gasteiger partial charge is 0.255 e. The lowest BCUT2D eigenvalue weighted by molar-refractivity contribution is -0.136. The summed E-state index contributed by atoms with van der Waals surface area (Å²) in [6, 6.07) is 10.2. The molecule has 1 aliphatic carbocycles. The van der Waals surface area contributed by atoms with E-state index in [1.807, 2.05) is 6.07 Å². The maximum Gasteiger partial charge on any atom is 0.255 e. The Morgan fingerprint density at radius 1 is 1.09 bits per heavy atom. The second kappa shape index (κ2) is 8.42. The number of halogens is 1. The SMILES string of the molecule is O=C1CCC(N2Cc3cc(C(=O)NC(c4cccc(F)c4)C4CCC4)ccc3C2=O)C(=O)N1. The van der Waals surface area contributed by atoms with Gasteiger partial charge in [0, 0.05) is 24.1 Å². The summed E-state index contributed by atoms with van der Waals surface area (Å²) in [5.41, 5.74) is 2.28. The minimum atomic E-state index is -0.698. The van der Waals surface area contributed by atoms with Crippen LogP contribution in [0.2, 0.25) is 0 Å². The zero-order valence-corrected chi connectivity index (χ0v) is 18.0. The van der Waals surface area contributed by atoms with Crippen LogP contribution in [0.5, 0.6) is 0 Å². The van der Waals surface area contributed by atoms with Gasteiger partial charge in [-0.25, -0.2) is 4.39 Å². The molecule has 2 aromatic rings. The summed E-state index contributed by atoms with van der Waals surface area (Å²) in [7, 11) is 0. The number of benzene rings is 2. The first kappa shape index (κ1) is 21.3. The summed E-state index contributed by atoms with van der Waals surface area (Å²) in [6.45, 7) is 0.206. The number of fused-ring (bicyclic) bond motifs is 1. The number of carbonyl (C=O) groups excluding carboxylic acids is 4. The third kappa shape index (κ3) is 4.01. The summed E-state index contributed by atoms with van der Waals surface area (Å²) < 4.78 is 13.8. The number of piperidine rings is 1. The fourth-order valence-corrected chi connectivity index (χ4v) is 4.89. The minimum Gasteiger partial charge on any atom is -0.345 e. The molecule has 8 heteroatoms. The fraction of sp³-hybridized carbons (Fsp3) is 0.360. The highest BCUT2D eigenvalue weighted by Crippen LogP contribution is 2.38. The van der Waals surface area contributed by atoms with Gasteiger partial charge in [0.1, 0.15) is 11.9 Å².